The van der Waals surface area contributed by atoms with Crippen molar-refractivity contribution in [1.82, 2.24) is 0 Å². The summed E-state index contributed by atoms with van der Waals surface area (Å²) >= 11 is 5.47. The van der Waals surface area contributed by atoms with E-state index in [0.29, 0.717) is 5.56 Å². The summed E-state index contributed by atoms with van der Waals surface area (Å²) in [5, 5.41) is 8.83. The van der Waals surface area contributed by atoms with E-state index < -0.39 is 17.5 Å². The number of hydrogen-bond acceptors (Lipinski definition) is 2. The maximum Gasteiger partial charge on any atom is 0.420 e. The Labute approximate surface area is 89.5 Å². The fraction of sp³-hybridized carbons (Fsp3) is 0.333. The third-order valence-corrected chi connectivity index (χ3v) is 2.15. The molecule has 0 aromatic heterocycles. The van der Waals surface area contributed by atoms with E-state index in [1.165, 1.54) is 6.07 Å². The smallest absolute Gasteiger partial charge is 0.420 e. The van der Waals surface area contributed by atoms with Gasteiger partial charge in [-0.15, -0.1) is 0 Å². The van der Waals surface area contributed by atoms with Crippen LogP contribution in [0.25, 0.3) is 0 Å². The van der Waals surface area contributed by atoms with Crippen LogP contribution in [0.4, 0.5) is 13.2 Å². The molecule has 2 nitrogen and oxygen atoms in total. The molecule has 0 atom stereocenters. The molecule has 1 aromatic carbocycles. The van der Waals surface area contributed by atoms with Gasteiger partial charge in [-0.05, 0) is 30.7 Å². The summed E-state index contributed by atoms with van der Waals surface area (Å²) < 4.78 is 37.2. The Morgan fingerprint density at radius 1 is 1.33 bits per heavy atom. The van der Waals surface area contributed by atoms with E-state index in [-0.39, 0.29) is 18.0 Å². The minimum Gasteiger partial charge on any atom is -0.506 e. The van der Waals surface area contributed by atoms with E-state index in [4.69, 9.17) is 22.4 Å². The van der Waals surface area contributed by atoms with E-state index in [2.05, 4.69) is 0 Å². The van der Waals surface area contributed by atoms with Crippen molar-refractivity contribution in [3.05, 3.63) is 28.3 Å². The molecule has 0 fully saturated rings. The second-order valence-corrected chi connectivity index (χ2v) is 3.42. The number of hydrogen-bond donors (Lipinski definition) is 2. The predicted octanol–water partition coefficient (Wildman–Crippen LogP) is 2.57. The van der Waals surface area contributed by atoms with Crippen LogP contribution in [0.3, 0.4) is 0 Å². The van der Waals surface area contributed by atoms with E-state index in [1.807, 2.05) is 0 Å². The van der Waals surface area contributed by atoms with Crippen LogP contribution in [-0.4, -0.2) is 11.7 Å². The van der Waals surface area contributed by atoms with Crippen molar-refractivity contribution in [1.29, 1.82) is 0 Å². The summed E-state index contributed by atoms with van der Waals surface area (Å²) in [4.78, 5) is 0. The maximum atomic E-state index is 12.4. The molecule has 0 unspecified atom stereocenters. The topological polar surface area (TPSA) is 46.2 Å². The molecule has 0 heterocycles. The summed E-state index contributed by atoms with van der Waals surface area (Å²) in [6, 6.07) is 2.13. The van der Waals surface area contributed by atoms with Gasteiger partial charge in [0.25, 0.3) is 0 Å². The van der Waals surface area contributed by atoms with Crippen LogP contribution >= 0.6 is 11.6 Å². The minimum absolute atomic E-state index is 0.221. The van der Waals surface area contributed by atoms with Gasteiger partial charge < -0.3 is 10.8 Å². The lowest BCUT2D eigenvalue weighted by molar-refractivity contribution is -0.138. The monoisotopic (exact) mass is 239 g/mol. The van der Waals surface area contributed by atoms with Crippen LogP contribution in [0.1, 0.15) is 11.1 Å². The Hall–Kier alpha value is -0.940. The molecule has 15 heavy (non-hydrogen) atoms. The lowest BCUT2D eigenvalue weighted by Crippen LogP contribution is -2.08. The van der Waals surface area contributed by atoms with Gasteiger partial charge >= 0.3 is 6.18 Å². The zero-order chi connectivity index (χ0) is 11.6. The summed E-state index contributed by atoms with van der Waals surface area (Å²) in [7, 11) is 0. The molecule has 0 aliphatic rings. The van der Waals surface area contributed by atoms with Crippen LogP contribution in [-0.2, 0) is 12.6 Å². The number of halogens is 4. The number of phenolic OH excluding ortho intramolecular Hbond substituents is 1. The molecule has 3 N–H and O–H groups in total. The average Bonchev–Trinajstić information content (AvgIpc) is 2.09. The molecule has 0 aliphatic carbocycles. The van der Waals surface area contributed by atoms with Crippen molar-refractivity contribution in [2.75, 3.05) is 6.54 Å². The molecule has 0 amide bonds. The van der Waals surface area contributed by atoms with Crippen molar-refractivity contribution in [3.63, 3.8) is 0 Å². The van der Waals surface area contributed by atoms with E-state index in [0.717, 1.165) is 6.07 Å². The molecule has 0 saturated carbocycles. The Balaban J connectivity index is 3.25. The molecule has 0 saturated heterocycles. The van der Waals surface area contributed by atoms with E-state index in [1.54, 1.807) is 0 Å². The van der Waals surface area contributed by atoms with Gasteiger partial charge in [0.2, 0.25) is 0 Å². The van der Waals surface area contributed by atoms with Crippen LogP contribution in [0, 0.1) is 0 Å². The molecule has 0 radical (unpaired) electrons. The van der Waals surface area contributed by atoms with E-state index >= 15 is 0 Å². The minimum atomic E-state index is -4.61. The third kappa shape index (κ3) is 2.76. The highest BCUT2D eigenvalue weighted by atomic mass is 35.5. The highest BCUT2D eigenvalue weighted by Gasteiger charge is 2.35. The number of alkyl halides is 3. The Kier molecular flexibility index (Phi) is 3.46. The average molecular weight is 240 g/mol. The van der Waals surface area contributed by atoms with Crippen LogP contribution in [0.5, 0.6) is 5.75 Å². The first kappa shape index (κ1) is 12.1. The van der Waals surface area contributed by atoms with Gasteiger partial charge in [-0.2, -0.15) is 13.2 Å². The first-order valence-corrected chi connectivity index (χ1v) is 4.52. The zero-order valence-corrected chi connectivity index (χ0v) is 8.36. The lowest BCUT2D eigenvalue weighted by atomic mass is 10.1. The summed E-state index contributed by atoms with van der Waals surface area (Å²) in [6.07, 6.45) is -4.33. The van der Waals surface area contributed by atoms with Gasteiger partial charge in [-0.1, -0.05) is 11.6 Å². The summed E-state index contributed by atoms with van der Waals surface area (Å²) in [5.74, 6) is -0.940. The number of rotatable bonds is 2. The largest absolute Gasteiger partial charge is 0.506 e. The zero-order valence-electron chi connectivity index (χ0n) is 7.61. The first-order chi connectivity index (χ1) is 6.86. The van der Waals surface area contributed by atoms with Crippen molar-refractivity contribution >= 4 is 11.6 Å². The molecule has 1 aromatic rings. The fourth-order valence-corrected chi connectivity index (χ4v) is 1.42. The van der Waals surface area contributed by atoms with Gasteiger partial charge in [-0.3, -0.25) is 0 Å². The highest BCUT2D eigenvalue weighted by Crippen LogP contribution is 2.40. The van der Waals surface area contributed by atoms with Gasteiger partial charge in [-0.25, -0.2) is 0 Å². The molecule has 0 spiro atoms. The second-order valence-electron chi connectivity index (χ2n) is 3.01. The van der Waals surface area contributed by atoms with Gasteiger partial charge in [0.1, 0.15) is 5.75 Å². The number of nitrogens with two attached hydrogens (primary N) is 1. The van der Waals surface area contributed by atoms with Crippen molar-refractivity contribution < 1.29 is 18.3 Å². The normalized spacial score (nSPS) is 11.8. The molecular weight excluding hydrogens is 231 g/mol. The molecule has 84 valence electrons. The maximum absolute atomic E-state index is 12.4. The van der Waals surface area contributed by atoms with Gasteiger partial charge in [0.05, 0.1) is 10.6 Å². The lowest BCUT2D eigenvalue weighted by Gasteiger charge is -2.12. The number of aromatic hydroxyl groups is 1. The Bertz CT molecular complexity index is 365. The van der Waals surface area contributed by atoms with Crippen molar-refractivity contribution in [2.24, 2.45) is 5.73 Å². The number of phenols is 1. The second kappa shape index (κ2) is 4.28. The van der Waals surface area contributed by atoms with Gasteiger partial charge in [0.15, 0.2) is 0 Å². The molecular formula is C9H9ClF3NO. The van der Waals surface area contributed by atoms with Crippen LogP contribution in [0.2, 0.25) is 5.02 Å². The Morgan fingerprint density at radius 2 is 1.93 bits per heavy atom. The third-order valence-electron chi connectivity index (χ3n) is 1.86. The van der Waals surface area contributed by atoms with E-state index in [9.17, 15) is 13.2 Å². The van der Waals surface area contributed by atoms with Crippen LogP contribution in [0.15, 0.2) is 12.1 Å². The quantitative estimate of drug-likeness (QED) is 0.833. The Morgan fingerprint density at radius 3 is 2.40 bits per heavy atom. The first-order valence-electron chi connectivity index (χ1n) is 4.15. The van der Waals surface area contributed by atoms with Crippen LogP contribution < -0.4 is 5.73 Å². The van der Waals surface area contributed by atoms with Gasteiger partial charge in [0, 0.05) is 0 Å². The molecule has 1 rings (SSSR count). The van der Waals surface area contributed by atoms with Crippen molar-refractivity contribution in [2.45, 2.75) is 12.6 Å². The molecule has 0 aliphatic heterocycles. The number of benzene rings is 1. The predicted molar refractivity (Wildman–Crippen MR) is 50.9 cm³/mol. The summed E-state index contributed by atoms with van der Waals surface area (Å²) in [5.41, 5.74) is 4.45. The summed E-state index contributed by atoms with van der Waals surface area (Å²) in [6.45, 7) is 0.221. The highest BCUT2D eigenvalue weighted by molar-refractivity contribution is 6.32. The molecule has 6 heteroatoms. The standard InChI is InChI=1S/C9H9ClF3NO/c10-7-4-5(1-2-14)3-6(8(7)15)9(11,12)13/h3-4,15H,1-2,14H2. The fourth-order valence-electron chi connectivity index (χ4n) is 1.18. The SMILES string of the molecule is NCCc1cc(Cl)c(O)c(C(F)(F)F)c1. The molecule has 0 bridgehead atoms. The van der Waals surface area contributed by atoms with Crippen molar-refractivity contribution in [3.8, 4) is 5.75 Å².